The summed E-state index contributed by atoms with van der Waals surface area (Å²) in [5.74, 6) is 5.74. The van der Waals surface area contributed by atoms with E-state index in [9.17, 15) is 0 Å². The third kappa shape index (κ3) is 15.5. The fraction of sp³-hybridized carbons (Fsp3) is 0.500. The Labute approximate surface area is 247 Å². The van der Waals surface area contributed by atoms with Gasteiger partial charge in [0.25, 0.3) is 0 Å². The molecule has 0 fully saturated rings. The second kappa shape index (κ2) is 21.7. The van der Waals surface area contributed by atoms with Gasteiger partial charge in [-0.1, -0.05) is 92.8 Å². The van der Waals surface area contributed by atoms with Crippen LogP contribution in [0.3, 0.4) is 0 Å². The van der Waals surface area contributed by atoms with Gasteiger partial charge in [0.15, 0.2) is 0 Å². The molecule has 4 heteroatoms. The number of ether oxygens (including phenoxy) is 4. The number of para-hydroxylation sites is 1. The van der Waals surface area contributed by atoms with Crippen molar-refractivity contribution in [3.05, 3.63) is 83.4 Å². The standard InChI is InChI=1S/C12H18O2.2C11H16O.2CH4/c1-9(2)7-10-5-6-11(13-3)8-12(10)14-4;1-9(2)7-10-5-4-6-11(8-10)12-3;1-9(2)8-10-6-4-5-7-11(10)12-3;;/h5-6,8-9H,7H2,1-4H3;4-6,8-9H,7H2,1-3H3;4-7,9H,8H2,1-3H3;2*1H4. The maximum Gasteiger partial charge on any atom is 0.125 e. The van der Waals surface area contributed by atoms with Crippen molar-refractivity contribution in [2.75, 3.05) is 28.4 Å². The van der Waals surface area contributed by atoms with Gasteiger partial charge in [0.1, 0.15) is 23.0 Å². The van der Waals surface area contributed by atoms with Crippen LogP contribution in [0.5, 0.6) is 23.0 Å². The first kappa shape index (κ1) is 39.0. The molecule has 0 unspecified atom stereocenters. The second-order valence-corrected chi connectivity index (χ2v) is 10.6. The van der Waals surface area contributed by atoms with Crippen LogP contribution in [0.4, 0.5) is 0 Å². The zero-order valence-electron chi connectivity index (χ0n) is 25.3. The molecular weight excluding hydrogens is 496 g/mol. The van der Waals surface area contributed by atoms with Gasteiger partial charge in [-0.2, -0.15) is 0 Å². The van der Waals surface area contributed by atoms with Crippen LogP contribution in [0.2, 0.25) is 0 Å². The van der Waals surface area contributed by atoms with Crippen LogP contribution in [-0.4, -0.2) is 28.4 Å². The van der Waals surface area contributed by atoms with Gasteiger partial charge in [-0.05, 0) is 78.0 Å². The van der Waals surface area contributed by atoms with E-state index in [2.05, 4.69) is 71.9 Å². The van der Waals surface area contributed by atoms with Crippen LogP contribution in [0.1, 0.15) is 73.1 Å². The summed E-state index contributed by atoms with van der Waals surface area (Å²) in [6.45, 7) is 13.3. The minimum atomic E-state index is 0. The van der Waals surface area contributed by atoms with Gasteiger partial charge in [0.2, 0.25) is 0 Å². The molecule has 0 aliphatic rings. The summed E-state index contributed by atoms with van der Waals surface area (Å²) >= 11 is 0. The third-order valence-corrected chi connectivity index (χ3v) is 5.72. The molecule has 0 heterocycles. The lowest BCUT2D eigenvalue weighted by Gasteiger charge is -2.11. The average Bonchev–Trinajstić information content (AvgIpc) is 2.89. The van der Waals surface area contributed by atoms with Gasteiger partial charge >= 0.3 is 0 Å². The van der Waals surface area contributed by atoms with Crippen LogP contribution in [0, 0.1) is 17.8 Å². The summed E-state index contributed by atoms with van der Waals surface area (Å²) in [5, 5.41) is 0. The fourth-order valence-electron chi connectivity index (χ4n) is 4.04. The van der Waals surface area contributed by atoms with E-state index < -0.39 is 0 Å². The first-order valence-corrected chi connectivity index (χ1v) is 13.6. The monoisotopic (exact) mass is 554 g/mol. The molecule has 0 aliphatic carbocycles. The quantitative estimate of drug-likeness (QED) is 0.250. The van der Waals surface area contributed by atoms with Gasteiger partial charge in [0.05, 0.1) is 28.4 Å². The first-order chi connectivity index (χ1) is 18.1. The molecule has 3 aromatic rings. The lowest BCUT2D eigenvalue weighted by molar-refractivity contribution is 0.389. The van der Waals surface area contributed by atoms with Crippen molar-refractivity contribution < 1.29 is 18.9 Å². The third-order valence-electron chi connectivity index (χ3n) is 5.72. The maximum absolute atomic E-state index is 5.31. The van der Waals surface area contributed by atoms with Gasteiger partial charge in [-0.15, -0.1) is 0 Å². The largest absolute Gasteiger partial charge is 0.497 e. The predicted octanol–water partition coefficient (Wildman–Crippen LogP) is 9.96. The molecule has 3 aromatic carbocycles. The van der Waals surface area contributed by atoms with Crippen LogP contribution in [-0.2, 0) is 19.3 Å². The van der Waals surface area contributed by atoms with Gasteiger partial charge < -0.3 is 18.9 Å². The number of rotatable bonds is 10. The summed E-state index contributed by atoms with van der Waals surface area (Å²) in [6, 6.07) is 22.4. The van der Waals surface area contributed by atoms with E-state index in [-0.39, 0.29) is 14.9 Å². The van der Waals surface area contributed by atoms with E-state index in [0.29, 0.717) is 17.8 Å². The summed E-state index contributed by atoms with van der Waals surface area (Å²) in [7, 11) is 6.78. The van der Waals surface area contributed by atoms with Crippen molar-refractivity contribution in [2.45, 2.75) is 75.7 Å². The smallest absolute Gasteiger partial charge is 0.125 e. The molecule has 0 aromatic heterocycles. The van der Waals surface area contributed by atoms with Gasteiger partial charge in [-0.3, -0.25) is 0 Å². The topological polar surface area (TPSA) is 36.9 Å². The molecule has 0 amide bonds. The van der Waals surface area contributed by atoms with Crippen LogP contribution in [0.15, 0.2) is 66.7 Å². The summed E-state index contributed by atoms with van der Waals surface area (Å²) in [5.41, 5.74) is 3.89. The minimum absolute atomic E-state index is 0. The molecule has 0 atom stereocenters. The highest BCUT2D eigenvalue weighted by atomic mass is 16.5. The molecule has 0 aliphatic heterocycles. The van der Waals surface area contributed by atoms with Gasteiger partial charge in [0, 0.05) is 6.07 Å². The molecule has 0 radical (unpaired) electrons. The molecule has 0 N–H and O–H groups in total. The zero-order chi connectivity index (χ0) is 28.5. The van der Waals surface area contributed by atoms with Gasteiger partial charge in [-0.25, -0.2) is 0 Å². The Morgan fingerprint density at radius 1 is 0.475 bits per heavy atom. The Bertz CT molecular complexity index is 1040. The highest BCUT2D eigenvalue weighted by Gasteiger charge is 2.06. The molecule has 3 rings (SSSR count). The SMILES string of the molecule is C.C.COc1ccc(CC(C)C)c(OC)c1.COc1cccc(CC(C)C)c1.COc1ccccc1CC(C)C. The Morgan fingerprint density at radius 3 is 1.48 bits per heavy atom. The van der Waals surface area contributed by atoms with Crippen molar-refractivity contribution in [3.63, 3.8) is 0 Å². The molecular formula is C36H58O4. The zero-order valence-corrected chi connectivity index (χ0v) is 25.3. The fourth-order valence-corrected chi connectivity index (χ4v) is 4.04. The normalized spacial score (nSPS) is 9.82. The Morgan fingerprint density at radius 2 is 0.975 bits per heavy atom. The van der Waals surface area contributed by atoms with Crippen molar-refractivity contribution in [2.24, 2.45) is 17.8 Å². The number of hydrogen-bond donors (Lipinski definition) is 0. The minimum Gasteiger partial charge on any atom is -0.497 e. The van der Waals surface area contributed by atoms with Crippen LogP contribution >= 0.6 is 0 Å². The molecule has 4 nitrogen and oxygen atoms in total. The van der Waals surface area contributed by atoms with E-state index in [0.717, 1.165) is 42.3 Å². The Hall–Kier alpha value is -3.14. The van der Waals surface area contributed by atoms with E-state index >= 15 is 0 Å². The molecule has 0 saturated carbocycles. The predicted molar refractivity (Wildman–Crippen MR) is 175 cm³/mol. The first-order valence-electron chi connectivity index (χ1n) is 13.6. The van der Waals surface area contributed by atoms with E-state index in [1.54, 1.807) is 28.4 Å². The summed E-state index contributed by atoms with van der Waals surface area (Å²) < 4.78 is 20.8. The molecule has 0 bridgehead atoms. The number of hydrogen-bond acceptors (Lipinski definition) is 4. The van der Waals surface area contributed by atoms with Crippen molar-refractivity contribution in [1.82, 2.24) is 0 Å². The highest BCUT2D eigenvalue weighted by Crippen LogP contribution is 2.26. The van der Waals surface area contributed by atoms with E-state index in [4.69, 9.17) is 18.9 Å². The van der Waals surface area contributed by atoms with Crippen LogP contribution in [0.25, 0.3) is 0 Å². The summed E-state index contributed by atoms with van der Waals surface area (Å²) in [6.07, 6.45) is 3.24. The Balaban J connectivity index is 0. The highest BCUT2D eigenvalue weighted by molar-refractivity contribution is 5.41. The van der Waals surface area contributed by atoms with E-state index in [1.165, 1.54) is 16.7 Å². The lowest BCUT2D eigenvalue weighted by atomic mass is 10.0. The van der Waals surface area contributed by atoms with E-state index in [1.807, 2.05) is 36.4 Å². The summed E-state index contributed by atoms with van der Waals surface area (Å²) in [4.78, 5) is 0. The lowest BCUT2D eigenvalue weighted by Crippen LogP contribution is -1.98. The maximum atomic E-state index is 5.31. The number of benzene rings is 3. The van der Waals surface area contributed by atoms with Crippen molar-refractivity contribution in [3.8, 4) is 23.0 Å². The van der Waals surface area contributed by atoms with Crippen molar-refractivity contribution >= 4 is 0 Å². The number of methoxy groups -OCH3 is 4. The molecule has 40 heavy (non-hydrogen) atoms. The molecule has 0 saturated heterocycles. The molecule has 226 valence electrons. The van der Waals surface area contributed by atoms with Crippen LogP contribution < -0.4 is 18.9 Å². The average molecular weight is 555 g/mol. The molecule has 0 spiro atoms. The van der Waals surface area contributed by atoms with Crippen molar-refractivity contribution in [1.29, 1.82) is 0 Å². The Kier molecular flexibility index (Phi) is 21.1. The second-order valence-electron chi connectivity index (χ2n) is 10.6.